The van der Waals surface area contributed by atoms with Crippen molar-refractivity contribution in [1.29, 1.82) is 0 Å². The van der Waals surface area contributed by atoms with Gasteiger partial charge < -0.3 is 20.3 Å². The second kappa shape index (κ2) is 51.5. The van der Waals surface area contributed by atoms with Crippen molar-refractivity contribution in [2.45, 2.75) is 244 Å². The number of ether oxygens (including phenoxy) is 1. The Morgan fingerprint density at radius 2 is 0.908 bits per heavy atom. The van der Waals surface area contributed by atoms with Crippen molar-refractivity contribution in [2.75, 3.05) is 6.61 Å². The average Bonchev–Trinajstić information content (AvgIpc) is 3.30. The van der Waals surface area contributed by atoms with Gasteiger partial charge in [0.15, 0.2) is 0 Å². The molecule has 0 bridgehead atoms. The SMILES string of the molecule is CC/C=C/C=C/C=C\C=C/C=C/CC(CC(=O)NC(CO)C(O)CCCCCCCCCCCCCCCCCC)OC(=O)CCCCC/C=C\C/C=C\C/C=C\C/C=C\CCCCC. The maximum absolute atomic E-state index is 13.2. The second-order valence-corrected chi connectivity index (χ2v) is 17.7. The van der Waals surface area contributed by atoms with Crippen molar-refractivity contribution in [2.24, 2.45) is 0 Å². The molecule has 0 aliphatic carbocycles. The third kappa shape index (κ3) is 46.8. The Morgan fingerprint density at radius 1 is 0.492 bits per heavy atom. The Bertz CT molecular complexity index is 1330. The Balaban J connectivity index is 4.66. The number of esters is 1. The quantitative estimate of drug-likeness (QED) is 0.0245. The van der Waals surface area contributed by atoms with E-state index in [4.69, 9.17) is 4.74 Å². The van der Waals surface area contributed by atoms with Crippen LogP contribution in [0.15, 0.2) is 109 Å². The van der Waals surface area contributed by atoms with Crippen LogP contribution in [0.2, 0.25) is 0 Å². The minimum absolute atomic E-state index is 0.0376. The van der Waals surface area contributed by atoms with E-state index in [0.717, 1.165) is 70.6 Å². The van der Waals surface area contributed by atoms with Gasteiger partial charge in [0.1, 0.15) is 6.10 Å². The van der Waals surface area contributed by atoms with Gasteiger partial charge in [-0.25, -0.2) is 0 Å². The topological polar surface area (TPSA) is 95.9 Å². The highest BCUT2D eigenvalue weighted by atomic mass is 16.5. The number of carbonyl (C=O) groups is 2. The number of allylic oxidation sites excluding steroid dienone is 17. The first kappa shape index (κ1) is 61.5. The number of amides is 1. The second-order valence-electron chi connectivity index (χ2n) is 17.7. The van der Waals surface area contributed by atoms with Crippen LogP contribution in [0.3, 0.4) is 0 Å². The molecule has 0 aliphatic rings. The van der Waals surface area contributed by atoms with Gasteiger partial charge in [0.25, 0.3) is 0 Å². The third-order valence-corrected chi connectivity index (χ3v) is 11.5. The summed E-state index contributed by atoms with van der Waals surface area (Å²) >= 11 is 0. The molecule has 3 atom stereocenters. The van der Waals surface area contributed by atoms with Crippen LogP contribution in [0.25, 0.3) is 0 Å². The number of hydrogen-bond donors (Lipinski definition) is 3. The minimum atomic E-state index is -0.830. The molecule has 0 heterocycles. The monoisotopic (exact) mass is 902 g/mol. The standard InChI is InChI=1S/C59H99NO5/c1-4-7-10-13-16-19-22-24-26-28-29-30-32-34-37-40-43-46-49-52-59(64)65-55(50-47-44-41-38-35-21-18-15-12-9-6-3)53-58(63)60-56(54-61)57(62)51-48-45-42-39-36-33-31-27-25-23-20-17-14-11-8-5-2/h9,12,15-16,18-19,21,24,26,29-30,34-35,37-38,41,44,47,55-57,61-62H,4-8,10-11,13-14,17,20,22-23,25,27-28,31-33,36,39-40,42-43,45-46,48-54H2,1-3H3,(H,60,63)/b12-9+,18-15+,19-16-,26-24-,30-29-,35-21-,37-34-,41-38-,47-44+. The smallest absolute Gasteiger partial charge is 0.306 e. The number of aliphatic hydroxyl groups excluding tert-OH is 2. The highest BCUT2D eigenvalue weighted by Gasteiger charge is 2.23. The first-order valence-electron chi connectivity index (χ1n) is 26.7. The Morgan fingerprint density at radius 3 is 1.40 bits per heavy atom. The summed E-state index contributed by atoms with van der Waals surface area (Å²) in [6.45, 7) is 6.26. The fourth-order valence-electron chi connectivity index (χ4n) is 7.43. The van der Waals surface area contributed by atoms with Gasteiger partial charge in [-0.1, -0.05) is 252 Å². The van der Waals surface area contributed by atoms with Crippen molar-refractivity contribution in [3.05, 3.63) is 109 Å². The molecule has 1 amide bonds. The van der Waals surface area contributed by atoms with Gasteiger partial charge in [-0.3, -0.25) is 9.59 Å². The van der Waals surface area contributed by atoms with Crippen molar-refractivity contribution in [3.8, 4) is 0 Å². The van der Waals surface area contributed by atoms with Crippen LogP contribution >= 0.6 is 0 Å². The normalized spacial score (nSPS) is 14.1. The lowest BCUT2D eigenvalue weighted by Gasteiger charge is -2.24. The van der Waals surface area contributed by atoms with E-state index in [2.05, 4.69) is 80.8 Å². The van der Waals surface area contributed by atoms with E-state index in [1.54, 1.807) is 0 Å². The minimum Gasteiger partial charge on any atom is -0.461 e. The summed E-state index contributed by atoms with van der Waals surface area (Å²) in [5, 5.41) is 23.7. The number of unbranched alkanes of at least 4 members (excludes halogenated alkanes) is 21. The lowest BCUT2D eigenvalue weighted by molar-refractivity contribution is -0.150. The molecular weight excluding hydrogens is 803 g/mol. The van der Waals surface area contributed by atoms with Gasteiger partial charge in [-0.05, 0) is 64.2 Å². The maximum atomic E-state index is 13.2. The Kier molecular flexibility index (Phi) is 48.7. The summed E-state index contributed by atoms with van der Waals surface area (Å²) < 4.78 is 5.83. The molecule has 3 N–H and O–H groups in total. The van der Waals surface area contributed by atoms with Crippen LogP contribution in [0.1, 0.15) is 226 Å². The fourth-order valence-corrected chi connectivity index (χ4v) is 7.43. The Hall–Kier alpha value is -3.48. The van der Waals surface area contributed by atoms with Gasteiger partial charge in [-0.15, -0.1) is 0 Å². The predicted octanol–water partition coefficient (Wildman–Crippen LogP) is 16.3. The number of aliphatic hydroxyl groups is 2. The van der Waals surface area contributed by atoms with Gasteiger partial charge in [0.2, 0.25) is 5.91 Å². The summed E-state index contributed by atoms with van der Waals surface area (Å²) in [4.78, 5) is 26.1. The van der Waals surface area contributed by atoms with Crippen LogP contribution < -0.4 is 5.32 Å². The van der Waals surface area contributed by atoms with Gasteiger partial charge in [0, 0.05) is 12.8 Å². The van der Waals surface area contributed by atoms with Gasteiger partial charge in [-0.2, -0.15) is 0 Å². The van der Waals surface area contributed by atoms with Crippen LogP contribution in [-0.4, -0.2) is 46.9 Å². The molecule has 65 heavy (non-hydrogen) atoms. The predicted molar refractivity (Wildman–Crippen MR) is 282 cm³/mol. The van der Waals surface area contributed by atoms with E-state index in [1.165, 1.54) is 109 Å². The van der Waals surface area contributed by atoms with Gasteiger partial charge in [0.05, 0.1) is 25.2 Å². The van der Waals surface area contributed by atoms with Gasteiger partial charge >= 0.3 is 5.97 Å². The number of nitrogens with one attached hydrogen (secondary N) is 1. The summed E-state index contributed by atoms with van der Waals surface area (Å²) in [5.41, 5.74) is 0. The van der Waals surface area contributed by atoms with Crippen molar-refractivity contribution >= 4 is 11.9 Å². The molecule has 0 aromatic rings. The summed E-state index contributed by atoms with van der Waals surface area (Å²) in [6.07, 6.45) is 70.3. The van der Waals surface area contributed by atoms with E-state index in [0.29, 0.717) is 19.3 Å². The zero-order valence-corrected chi connectivity index (χ0v) is 42.1. The van der Waals surface area contributed by atoms with Crippen LogP contribution in [-0.2, 0) is 14.3 Å². The number of hydrogen-bond acceptors (Lipinski definition) is 5. The Labute approximate surface area is 400 Å². The molecule has 6 heteroatoms. The summed E-state index contributed by atoms with van der Waals surface area (Å²) in [5.74, 6) is -0.652. The van der Waals surface area contributed by atoms with Crippen molar-refractivity contribution < 1.29 is 24.5 Å². The molecule has 0 rings (SSSR count). The number of carbonyl (C=O) groups excluding carboxylic acids is 2. The van der Waals surface area contributed by atoms with Crippen LogP contribution in [0, 0.1) is 0 Å². The van der Waals surface area contributed by atoms with Crippen LogP contribution in [0.4, 0.5) is 0 Å². The van der Waals surface area contributed by atoms with E-state index < -0.39 is 18.2 Å². The summed E-state index contributed by atoms with van der Waals surface area (Å²) in [7, 11) is 0. The lowest BCUT2D eigenvalue weighted by atomic mass is 10.0. The highest BCUT2D eigenvalue weighted by molar-refractivity contribution is 5.77. The van der Waals surface area contributed by atoms with E-state index >= 15 is 0 Å². The molecule has 0 saturated heterocycles. The third-order valence-electron chi connectivity index (χ3n) is 11.5. The molecule has 0 fully saturated rings. The van der Waals surface area contributed by atoms with Crippen molar-refractivity contribution in [3.63, 3.8) is 0 Å². The van der Waals surface area contributed by atoms with Crippen molar-refractivity contribution in [1.82, 2.24) is 5.32 Å². The molecule has 3 unspecified atom stereocenters. The number of rotatable bonds is 46. The van der Waals surface area contributed by atoms with Crippen LogP contribution in [0.5, 0.6) is 0 Å². The highest BCUT2D eigenvalue weighted by Crippen LogP contribution is 2.16. The molecule has 0 aromatic heterocycles. The zero-order valence-electron chi connectivity index (χ0n) is 42.1. The van der Waals surface area contributed by atoms with E-state index in [1.807, 2.05) is 54.7 Å². The first-order valence-corrected chi connectivity index (χ1v) is 26.7. The molecule has 0 spiro atoms. The molecule has 0 aliphatic heterocycles. The van der Waals surface area contributed by atoms with E-state index in [-0.39, 0.29) is 24.9 Å². The zero-order chi connectivity index (χ0) is 47.4. The summed E-state index contributed by atoms with van der Waals surface area (Å²) in [6, 6.07) is -0.753. The molecule has 0 radical (unpaired) electrons. The maximum Gasteiger partial charge on any atom is 0.306 e. The molecule has 0 aromatic carbocycles. The molecular formula is C59H99NO5. The lowest BCUT2D eigenvalue weighted by Crippen LogP contribution is -2.46. The molecule has 6 nitrogen and oxygen atoms in total. The average molecular weight is 902 g/mol. The van der Waals surface area contributed by atoms with E-state index in [9.17, 15) is 19.8 Å². The largest absolute Gasteiger partial charge is 0.461 e. The molecule has 0 saturated carbocycles. The first-order chi connectivity index (χ1) is 32.0. The molecule has 370 valence electrons. The fraction of sp³-hybridized carbons (Fsp3) is 0.661.